The van der Waals surface area contributed by atoms with Crippen LogP contribution in [0.25, 0.3) is 88.9 Å². The second kappa shape index (κ2) is 19.4. The predicted octanol–water partition coefficient (Wildman–Crippen LogP) is 17.6. The summed E-state index contributed by atoms with van der Waals surface area (Å²) in [6.45, 7) is 20.1. The van der Waals surface area contributed by atoms with Crippen molar-refractivity contribution >= 4 is 21.8 Å². The van der Waals surface area contributed by atoms with Gasteiger partial charge in [-0.05, 0) is 122 Å². The first-order valence-electron chi connectivity index (χ1n) is 24.9. The zero-order valence-electron chi connectivity index (χ0n) is 42.9. The topological polar surface area (TPSA) is 44.9 Å². The molecule has 6 heteroatoms. The number of nitrogens with zero attached hydrogens (tertiary/aromatic N) is 4. The van der Waals surface area contributed by atoms with Crippen LogP contribution in [0.5, 0.6) is 11.5 Å². The van der Waals surface area contributed by atoms with E-state index in [1.54, 1.807) is 0 Å². The van der Waals surface area contributed by atoms with Crippen molar-refractivity contribution in [3.8, 4) is 78.6 Å². The first-order chi connectivity index (χ1) is 34.7. The second-order valence-corrected chi connectivity index (χ2v) is 21.2. The third-order valence-electron chi connectivity index (χ3n) is 13.9. The number of para-hydroxylation sites is 1. The number of pyridine rings is 1. The molecule has 362 valence electrons. The first-order valence-corrected chi connectivity index (χ1v) is 24.9. The van der Waals surface area contributed by atoms with Gasteiger partial charge in [-0.15, -0.1) is 41.5 Å². The third kappa shape index (κ3) is 9.51. The fourth-order valence-corrected chi connectivity index (χ4v) is 10.5. The molecule has 0 saturated heterocycles. The molecule has 0 spiro atoms. The molecular formula is C67H58N4OPt. The van der Waals surface area contributed by atoms with Crippen molar-refractivity contribution < 1.29 is 25.8 Å². The molecule has 0 aliphatic heterocycles. The van der Waals surface area contributed by atoms with Crippen LogP contribution in [0.4, 0.5) is 0 Å². The van der Waals surface area contributed by atoms with Gasteiger partial charge in [-0.2, -0.15) is 5.10 Å². The van der Waals surface area contributed by atoms with Crippen molar-refractivity contribution in [3.63, 3.8) is 0 Å². The summed E-state index contributed by atoms with van der Waals surface area (Å²) < 4.78 is 11.4. The Morgan fingerprint density at radius 2 is 1.15 bits per heavy atom. The predicted molar refractivity (Wildman–Crippen MR) is 299 cm³/mol. The molecule has 11 rings (SSSR count). The van der Waals surface area contributed by atoms with Crippen LogP contribution in [-0.4, -0.2) is 19.3 Å². The second-order valence-electron chi connectivity index (χ2n) is 21.2. The Kier molecular flexibility index (Phi) is 13.1. The molecule has 0 aliphatic rings. The van der Waals surface area contributed by atoms with E-state index in [9.17, 15) is 0 Å². The molecule has 0 atom stereocenters. The van der Waals surface area contributed by atoms with Gasteiger partial charge in [0, 0.05) is 35.0 Å². The quantitative estimate of drug-likeness (QED) is 0.135. The molecule has 3 aromatic heterocycles. The molecule has 11 aromatic rings. The molecule has 0 bridgehead atoms. The smallest absolute Gasteiger partial charge is 0.509 e. The summed E-state index contributed by atoms with van der Waals surface area (Å²) in [5.74, 6) is 1.94. The van der Waals surface area contributed by atoms with Gasteiger partial charge in [-0.3, -0.25) is 4.68 Å². The molecule has 0 N–H and O–H groups in total. The van der Waals surface area contributed by atoms with Crippen LogP contribution in [0.3, 0.4) is 0 Å². The molecule has 8 aromatic carbocycles. The zero-order chi connectivity index (χ0) is 49.9. The van der Waals surface area contributed by atoms with Gasteiger partial charge < -0.3 is 9.30 Å². The van der Waals surface area contributed by atoms with Gasteiger partial charge in [-0.25, -0.2) is 4.98 Å². The van der Waals surface area contributed by atoms with Crippen molar-refractivity contribution in [2.45, 2.75) is 73.1 Å². The molecule has 0 saturated carbocycles. The minimum Gasteiger partial charge on any atom is -0.509 e. The van der Waals surface area contributed by atoms with Gasteiger partial charge in [0.1, 0.15) is 5.82 Å². The Morgan fingerprint density at radius 3 is 1.79 bits per heavy atom. The molecule has 73 heavy (non-hydrogen) atoms. The summed E-state index contributed by atoms with van der Waals surface area (Å²) in [6, 6.07) is 68.1. The van der Waals surface area contributed by atoms with E-state index >= 15 is 0 Å². The van der Waals surface area contributed by atoms with Crippen molar-refractivity contribution in [2.75, 3.05) is 0 Å². The van der Waals surface area contributed by atoms with Crippen LogP contribution in [0.1, 0.15) is 69.4 Å². The van der Waals surface area contributed by atoms with E-state index in [2.05, 4.69) is 255 Å². The molecule has 5 nitrogen and oxygen atoms in total. The van der Waals surface area contributed by atoms with E-state index in [4.69, 9.17) is 14.8 Å². The number of fused-ring (bicyclic) bond motifs is 3. The van der Waals surface area contributed by atoms with Gasteiger partial charge >= 0.3 is 21.1 Å². The van der Waals surface area contributed by atoms with E-state index in [1.807, 2.05) is 17.1 Å². The number of aromatic nitrogens is 4. The Morgan fingerprint density at radius 1 is 0.521 bits per heavy atom. The number of ether oxygens (including phenoxy) is 1. The van der Waals surface area contributed by atoms with Crippen LogP contribution in [0.15, 0.2) is 188 Å². The van der Waals surface area contributed by atoms with E-state index in [0.717, 1.165) is 88.9 Å². The standard InChI is InChI=1S/C67H58N4O.Pt/c1-43-33-44(2)63(45(3)34-43)49-31-32-68-62(37-49)71-60-26-17-16-23-58(60)65-59(67(7,8)9)39-55(40-61(65)71)72-54-36-50(35-53(38-54)70-42-51(41-69-70)46-27-29-52(30-28-46)66(4,5)6)64-56(47-19-12-10-13-20-47)24-18-25-57(64)48-21-14-11-15-22-48;/h10-37,39,41-42H,1-9H3;/q-2;+2. The molecule has 0 radical (unpaired) electrons. The number of hydrogen-bond donors (Lipinski definition) is 0. The summed E-state index contributed by atoms with van der Waals surface area (Å²) in [5, 5.41) is 7.26. The van der Waals surface area contributed by atoms with Gasteiger partial charge in [0.15, 0.2) is 0 Å². The maximum absolute atomic E-state index is 7.21. The normalized spacial score (nSPS) is 11.8. The Bertz CT molecular complexity index is 3730. The van der Waals surface area contributed by atoms with Crippen LogP contribution in [0, 0.1) is 32.9 Å². The van der Waals surface area contributed by atoms with Crippen molar-refractivity contribution in [3.05, 3.63) is 228 Å². The van der Waals surface area contributed by atoms with Gasteiger partial charge in [-0.1, -0.05) is 191 Å². The first kappa shape index (κ1) is 49.0. The maximum Gasteiger partial charge on any atom is 2.00 e. The Labute approximate surface area is 444 Å². The summed E-state index contributed by atoms with van der Waals surface area (Å²) in [4.78, 5) is 5.07. The van der Waals surface area contributed by atoms with E-state index in [-0.39, 0.29) is 31.9 Å². The van der Waals surface area contributed by atoms with Crippen LogP contribution >= 0.6 is 0 Å². The summed E-state index contributed by atoms with van der Waals surface area (Å²) in [6.07, 6.45) is 5.94. The van der Waals surface area contributed by atoms with Gasteiger partial charge in [0.25, 0.3) is 0 Å². The molecule has 0 amide bonds. The fourth-order valence-electron chi connectivity index (χ4n) is 10.5. The average molecular weight is 1130 g/mol. The third-order valence-corrected chi connectivity index (χ3v) is 13.9. The monoisotopic (exact) mass is 1130 g/mol. The Balaban J connectivity index is 0.00000611. The molecular weight excluding hydrogens is 1070 g/mol. The molecule has 3 heterocycles. The number of benzene rings is 8. The fraction of sp³-hybridized carbons (Fsp3) is 0.164. The van der Waals surface area contributed by atoms with Gasteiger partial charge in [0.05, 0.1) is 6.20 Å². The molecule has 0 unspecified atom stereocenters. The average Bonchev–Trinajstić information content (AvgIpc) is 4.00. The summed E-state index contributed by atoms with van der Waals surface area (Å²) in [7, 11) is 0. The molecule has 0 fully saturated rings. The van der Waals surface area contributed by atoms with Crippen molar-refractivity contribution in [2.24, 2.45) is 0 Å². The van der Waals surface area contributed by atoms with Gasteiger partial charge in [0.2, 0.25) is 0 Å². The minimum absolute atomic E-state index is 0. The Hall–Kier alpha value is -7.59. The largest absolute Gasteiger partial charge is 2.00 e. The number of rotatable bonds is 9. The maximum atomic E-state index is 7.21. The van der Waals surface area contributed by atoms with E-state index in [1.165, 1.54) is 27.8 Å². The van der Waals surface area contributed by atoms with Crippen LogP contribution < -0.4 is 4.74 Å². The minimum atomic E-state index is -0.266. The van der Waals surface area contributed by atoms with Crippen LogP contribution in [-0.2, 0) is 31.9 Å². The summed E-state index contributed by atoms with van der Waals surface area (Å²) in [5.41, 5.74) is 19.6. The van der Waals surface area contributed by atoms with Crippen LogP contribution in [0.2, 0.25) is 0 Å². The molecule has 0 aliphatic carbocycles. The van der Waals surface area contributed by atoms with E-state index < -0.39 is 0 Å². The summed E-state index contributed by atoms with van der Waals surface area (Å²) >= 11 is 0. The SMILES string of the molecule is Cc1cc(C)c(-c2ccnc(-n3c4[c-]c(Oc5[c-]c(-n6cc(-c7ccc(C(C)(C)C)cc7)cn6)cc(-c6c(-c7ccccc7)cccc6-c6ccccc6)c5)cc(C(C)(C)C)c4c4ccccc43)c2)c(C)c1.[Pt+2]. The zero-order valence-corrected chi connectivity index (χ0v) is 45.2. The number of hydrogen-bond acceptors (Lipinski definition) is 3. The van der Waals surface area contributed by atoms with Crippen molar-refractivity contribution in [1.82, 2.24) is 19.3 Å². The van der Waals surface area contributed by atoms with E-state index in [0.29, 0.717) is 11.5 Å². The number of aryl methyl sites for hydroxylation is 3. The van der Waals surface area contributed by atoms with Crippen molar-refractivity contribution in [1.29, 1.82) is 0 Å².